The molecule has 0 aromatic carbocycles. The number of fused-ring (bicyclic) bond motifs is 1. The van der Waals surface area contributed by atoms with Crippen LogP contribution in [0.5, 0.6) is 0 Å². The molecular weight excluding hydrogens is 252 g/mol. The van der Waals surface area contributed by atoms with Gasteiger partial charge in [0.05, 0.1) is 18.4 Å². The first-order valence-electron chi connectivity index (χ1n) is 6.44. The number of anilines is 2. The number of hydrogen-bond acceptors (Lipinski definition) is 5. The Bertz CT molecular complexity index is 733. The molecule has 0 aliphatic rings. The minimum Gasteiger partial charge on any atom is -0.372 e. The van der Waals surface area contributed by atoms with Crippen molar-refractivity contribution < 1.29 is 0 Å². The van der Waals surface area contributed by atoms with E-state index in [0.29, 0.717) is 6.54 Å². The summed E-state index contributed by atoms with van der Waals surface area (Å²) >= 11 is 0. The van der Waals surface area contributed by atoms with Crippen LogP contribution in [-0.4, -0.2) is 26.4 Å². The van der Waals surface area contributed by atoms with Crippen LogP contribution in [0.25, 0.3) is 5.65 Å². The van der Waals surface area contributed by atoms with Gasteiger partial charge in [-0.25, -0.2) is 9.97 Å². The molecule has 6 nitrogen and oxygen atoms in total. The van der Waals surface area contributed by atoms with Gasteiger partial charge in [-0.3, -0.25) is 4.98 Å². The summed E-state index contributed by atoms with van der Waals surface area (Å²) < 4.78 is 1.94. The first-order chi connectivity index (χ1) is 9.76. The Labute approximate surface area is 116 Å². The zero-order chi connectivity index (χ0) is 13.9. The van der Waals surface area contributed by atoms with Crippen LogP contribution in [0.15, 0.2) is 36.8 Å². The summed E-state index contributed by atoms with van der Waals surface area (Å²) in [5.74, 6) is 1.53. The molecule has 0 bridgehead atoms. The summed E-state index contributed by atoms with van der Waals surface area (Å²) in [5, 5.41) is 6.34. The average molecular weight is 268 g/mol. The van der Waals surface area contributed by atoms with Crippen molar-refractivity contribution in [3.8, 4) is 0 Å². The third kappa shape index (κ3) is 2.40. The van der Waals surface area contributed by atoms with Crippen molar-refractivity contribution in [3.05, 3.63) is 48.2 Å². The van der Waals surface area contributed by atoms with E-state index in [1.165, 1.54) is 0 Å². The molecule has 0 aliphatic carbocycles. The largest absolute Gasteiger partial charge is 0.372 e. The zero-order valence-electron chi connectivity index (χ0n) is 11.5. The zero-order valence-corrected chi connectivity index (χ0v) is 11.5. The van der Waals surface area contributed by atoms with E-state index < -0.39 is 0 Å². The molecular formula is C14H16N6. The maximum atomic E-state index is 4.50. The van der Waals surface area contributed by atoms with Crippen molar-refractivity contribution in [2.24, 2.45) is 0 Å². The van der Waals surface area contributed by atoms with Gasteiger partial charge in [0.25, 0.3) is 0 Å². The monoisotopic (exact) mass is 268 g/mol. The maximum Gasteiger partial charge on any atom is 0.180 e. The molecule has 2 N–H and O–H groups in total. The lowest BCUT2D eigenvalue weighted by Gasteiger charge is -2.09. The maximum absolute atomic E-state index is 4.50. The Morgan fingerprint density at radius 1 is 1.25 bits per heavy atom. The number of rotatable bonds is 4. The minimum atomic E-state index is 0.615. The van der Waals surface area contributed by atoms with Crippen molar-refractivity contribution in [2.75, 3.05) is 17.7 Å². The highest BCUT2D eigenvalue weighted by atomic mass is 15.1. The molecule has 3 heterocycles. The van der Waals surface area contributed by atoms with Gasteiger partial charge in [-0.05, 0) is 19.1 Å². The lowest BCUT2D eigenvalue weighted by atomic mass is 10.3. The quantitative estimate of drug-likeness (QED) is 0.758. The summed E-state index contributed by atoms with van der Waals surface area (Å²) in [6.07, 6.45) is 5.55. The number of pyridine rings is 1. The summed E-state index contributed by atoms with van der Waals surface area (Å²) in [6.45, 7) is 2.60. The van der Waals surface area contributed by atoms with Crippen LogP contribution in [0.2, 0.25) is 0 Å². The molecule has 0 saturated heterocycles. The van der Waals surface area contributed by atoms with Crippen LogP contribution in [0, 0.1) is 6.92 Å². The SMILES string of the molecule is CNc1cn2ccnc2c(NCc2cccc(C)n2)n1. The number of nitrogens with zero attached hydrogens (tertiary/aromatic N) is 4. The highest BCUT2D eigenvalue weighted by Gasteiger charge is 2.07. The Kier molecular flexibility index (Phi) is 3.20. The highest BCUT2D eigenvalue weighted by molar-refractivity contribution is 5.65. The molecule has 0 atom stereocenters. The Balaban J connectivity index is 1.88. The van der Waals surface area contributed by atoms with Gasteiger partial charge in [0.15, 0.2) is 11.5 Å². The van der Waals surface area contributed by atoms with E-state index in [9.17, 15) is 0 Å². The van der Waals surface area contributed by atoms with Crippen LogP contribution in [-0.2, 0) is 6.54 Å². The Morgan fingerprint density at radius 3 is 2.95 bits per heavy atom. The fraction of sp³-hybridized carbons (Fsp3) is 0.214. The Hall–Kier alpha value is -2.63. The third-order valence-electron chi connectivity index (χ3n) is 3.01. The summed E-state index contributed by atoms with van der Waals surface area (Å²) in [4.78, 5) is 13.3. The summed E-state index contributed by atoms with van der Waals surface area (Å²) in [5.41, 5.74) is 2.79. The molecule has 0 spiro atoms. The molecule has 0 unspecified atom stereocenters. The Morgan fingerprint density at radius 2 is 2.15 bits per heavy atom. The lowest BCUT2D eigenvalue weighted by Crippen LogP contribution is -2.07. The molecule has 0 saturated carbocycles. The molecule has 102 valence electrons. The normalized spacial score (nSPS) is 10.7. The van der Waals surface area contributed by atoms with Crippen LogP contribution in [0.3, 0.4) is 0 Å². The van der Waals surface area contributed by atoms with E-state index in [-0.39, 0.29) is 0 Å². The summed E-state index contributed by atoms with van der Waals surface area (Å²) in [7, 11) is 1.84. The van der Waals surface area contributed by atoms with Gasteiger partial charge in [0.1, 0.15) is 5.82 Å². The second kappa shape index (κ2) is 5.16. The molecule has 20 heavy (non-hydrogen) atoms. The molecule has 3 aromatic rings. The van der Waals surface area contributed by atoms with Crippen molar-refractivity contribution in [3.63, 3.8) is 0 Å². The number of imidazole rings is 1. The first kappa shape index (κ1) is 12.4. The van der Waals surface area contributed by atoms with E-state index in [1.54, 1.807) is 6.20 Å². The van der Waals surface area contributed by atoms with Crippen molar-refractivity contribution >= 4 is 17.3 Å². The fourth-order valence-corrected chi connectivity index (χ4v) is 2.04. The molecule has 3 rings (SSSR count). The minimum absolute atomic E-state index is 0.615. The third-order valence-corrected chi connectivity index (χ3v) is 3.01. The fourth-order valence-electron chi connectivity index (χ4n) is 2.04. The van der Waals surface area contributed by atoms with Gasteiger partial charge in [-0.15, -0.1) is 0 Å². The molecule has 0 radical (unpaired) electrons. The van der Waals surface area contributed by atoms with Gasteiger partial charge >= 0.3 is 0 Å². The second-order valence-corrected chi connectivity index (χ2v) is 4.51. The second-order valence-electron chi connectivity index (χ2n) is 4.51. The molecule has 3 aromatic heterocycles. The van der Waals surface area contributed by atoms with Crippen LogP contribution in [0.4, 0.5) is 11.6 Å². The standard InChI is InChI=1S/C14H16N6/c1-10-4-3-5-11(18-10)8-17-13-14-16-6-7-20(14)9-12(15-2)19-13/h3-7,9,15H,8H2,1-2H3,(H,17,19). The molecule has 0 fully saturated rings. The number of aryl methyl sites for hydroxylation is 1. The smallest absolute Gasteiger partial charge is 0.180 e. The molecule has 6 heteroatoms. The predicted octanol–water partition coefficient (Wildman–Crippen LogP) is 2.09. The van der Waals surface area contributed by atoms with Crippen LogP contribution < -0.4 is 10.6 Å². The van der Waals surface area contributed by atoms with E-state index >= 15 is 0 Å². The lowest BCUT2D eigenvalue weighted by molar-refractivity contribution is 0.997. The average Bonchev–Trinajstić information content (AvgIpc) is 2.93. The number of aromatic nitrogens is 4. The first-order valence-corrected chi connectivity index (χ1v) is 6.44. The van der Waals surface area contributed by atoms with Gasteiger partial charge in [-0.1, -0.05) is 6.07 Å². The van der Waals surface area contributed by atoms with Gasteiger partial charge in [0.2, 0.25) is 0 Å². The van der Waals surface area contributed by atoms with Crippen molar-refractivity contribution in [1.29, 1.82) is 0 Å². The topological polar surface area (TPSA) is 67.1 Å². The van der Waals surface area contributed by atoms with E-state index in [0.717, 1.165) is 28.7 Å². The van der Waals surface area contributed by atoms with Crippen molar-refractivity contribution in [2.45, 2.75) is 13.5 Å². The van der Waals surface area contributed by atoms with Gasteiger partial charge in [0, 0.05) is 25.1 Å². The van der Waals surface area contributed by atoms with E-state index in [2.05, 4.69) is 25.6 Å². The number of hydrogen-bond donors (Lipinski definition) is 2. The molecule has 0 aliphatic heterocycles. The van der Waals surface area contributed by atoms with E-state index in [4.69, 9.17) is 0 Å². The molecule has 0 amide bonds. The van der Waals surface area contributed by atoms with Crippen LogP contribution >= 0.6 is 0 Å². The van der Waals surface area contributed by atoms with Crippen molar-refractivity contribution in [1.82, 2.24) is 19.4 Å². The summed E-state index contributed by atoms with van der Waals surface area (Å²) in [6, 6.07) is 5.97. The van der Waals surface area contributed by atoms with Crippen LogP contribution in [0.1, 0.15) is 11.4 Å². The highest BCUT2D eigenvalue weighted by Crippen LogP contribution is 2.16. The van der Waals surface area contributed by atoms with Gasteiger partial charge in [-0.2, -0.15) is 0 Å². The van der Waals surface area contributed by atoms with E-state index in [1.807, 2.05) is 49.0 Å². The van der Waals surface area contributed by atoms with Gasteiger partial charge < -0.3 is 15.0 Å². The predicted molar refractivity (Wildman–Crippen MR) is 78.8 cm³/mol. The number of nitrogens with one attached hydrogen (secondary N) is 2.